The fourth-order valence-corrected chi connectivity index (χ4v) is 1.35. The maximum absolute atomic E-state index is 3.68. The summed E-state index contributed by atoms with van der Waals surface area (Å²) in [7, 11) is 2.00. The van der Waals surface area contributed by atoms with E-state index in [0.29, 0.717) is 0 Å². The molecular formula is C15H25N. The highest BCUT2D eigenvalue weighted by atomic mass is 14.9. The van der Waals surface area contributed by atoms with Gasteiger partial charge in [0, 0.05) is 19.4 Å². The van der Waals surface area contributed by atoms with E-state index in [1.54, 1.807) is 0 Å². The molecule has 0 aliphatic heterocycles. The number of unbranched alkanes of at least 4 members (excludes halogenated alkanes) is 5. The molecule has 0 aliphatic carbocycles. The first-order valence-corrected chi connectivity index (χ1v) is 6.10. The molecule has 0 aliphatic rings. The number of hydrogen-bond donors (Lipinski definition) is 0. The SMILES string of the molecule is C=CCCCCCCC=C.Cn1cccc1. The smallest absolute Gasteiger partial charge is 0.0106 e. The number of rotatable bonds is 7. The maximum atomic E-state index is 3.68. The molecule has 0 fully saturated rings. The fraction of sp³-hybridized carbons (Fsp3) is 0.467. The summed E-state index contributed by atoms with van der Waals surface area (Å²) in [5.41, 5.74) is 0. The molecule has 0 saturated heterocycles. The van der Waals surface area contributed by atoms with Crippen LogP contribution in [0.25, 0.3) is 0 Å². The maximum Gasteiger partial charge on any atom is 0.0106 e. The van der Waals surface area contributed by atoms with Gasteiger partial charge in [-0.2, -0.15) is 0 Å². The topological polar surface area (TPSA) is 4.93 Å². The Morgan fingerprint density at radius 1 is 0.875 bits per heavy atom. The molecule has 0 amide bonds. The zero-order chi connectivity index (χ0) is 12.1. The summed E-state index contributed by atoms with van der Waals surface area (Å²) in [5, 5.41) is 0. The van der Waals surface area contributed by atoms with Crippen molar-refractivity contribution in [3.63, 3.8) is 0 Å². The van der Waals surface area contributed by atoms with Crippen LogP contribution in [-0.2, 0) is 7.05 Å². The van der Waals surface area contributed by atoms with Crippen LogP contribution >= 0.6 is 0 Å². The third-order valence-corrected chi connectivity index (χ3v) is 2.32. The van der Waals surface area contributed by atoms with Crippen molar-refractivity contribution in [3.8, 4) is 0 Å². The Labute approximate surface area is 100 Å². The summed E-state index contributed by atoms with van der Waals surface area (Å²) in [4.78, 5) is 0. The van der Waals surface area contributed by atoms with Crippen LogP contribution in [0.1, 0.15) is 38.5 Å². The van der Waals surface area contributed by atoms with Gasteiger partial charge in [-0.3, -0.25) is 0 Å². The molecule has 0 bridgehead atoms. The van der Waals surface area contributed by atoms with Crippen LogP contribution in [0.2, 0.25) is 0 Å². The highest BCUT2D eigenvalue weighted by Gasteiger charge is 1.85. The minimum Gasteiger partial charge on any atom is -0.357 e. The van der Waals surface area contributed by atoms with Gasteiger partial charge in [-0.05, 0) is 37.8 Å². The lowest BCUT2D eigenvalue weighted by Crippen LogP contribution is -1.75. The highest BCUT2D eigenvalue weighted by molar-refractivity contribution is 4.88. The van der Waals surface area contributed by atoms with Crippen LogP contribution in [0.4, 0.5) is 0 Å². The Balaban J connectivity index is 0.000000315. The highest BCUT2D eigenvalue weighted by Crippen LogP contribution is 2.05. The molecule has 0 spiro atoms. The monoisotopic (exact) mass is 219 g/mol. The van der Waals surface area contributed by atoms with E-state index in [1.807, 2.05) is 48.3 Å². The van der Waals surface area contributed by atoms with Gasteiger partial charge in [0.05, 0.1) is 0 Å². The average molecular weight is 219 g/mol. The summed E-state index contributed by atoms with van der Waals surface area (Å²) in [6, 6.07) is 4.00. The van der Waals surface area contributed by atoms with E-state index in [1.165, 1.54) is 38.5 Å². The largest absolute Gasteiger partial charge is 0.357 e. The predicted molar refractivity (Wildman–Crippen MR) is 73.5 cm³/mol. The first-order chi connectivity index (χ1) is 7.81. The van der Waals surface area contributed by atoms with Crippen molar-refractivity contribution in [3.05, 3.63) is 49.8 Å². The van der Waals surface area contributed by atoms with Crippen LogP contribution in [-0.4, -0.2) is 4.57 Å². The van der Waals surface area contributed by atoms with Gasteiger partial charge in [-0.15, -0.1) is 13.2 Å². The van der Waals surface area contributed by atoms with Crippen molar-refractivity contribution in [2.45, 2.75) is 38.5 Å². The molecule has 0 aromatic carbocycles. The summed E-state index contributed by atoms with van der Waals surface area (Å²) in [5.74, 6) is 0. The van der Waals surface area contributed by atoms with Gasteiger partial charge < -0.3 is 4.57 Å². The quantitative estimate of drug-likeness (QED) is 0.462. The molecule has 0 radical (unpaired) electrons. The Morgan fingerprint density at radius 3 is 1.56 bits per heavy atom. The molecular weight excluding hydrogens is 194 g/mol. The van der Waals surface area contributed by atoms with E-state index >= 15 is 0 Å². The first-order valence-electron chi connectivity index (χ1n) is 6.10. The second-order valence-corrected chi connectivity index (χ2v) is 3.92. The van der Waals surface area contributed by atoms with Crippen molar-refractivity contribution in [2.75, 3.05) is 0 Å². The number of nitrogens with zero attached hydrogens (tertiary/aromatic N) is 1. The molecule has 1 aromatic rings. The number of aromatic nitrogens is 1. The van der Waals surface area contributed by atoms with E-state index < -0.39 is 0 Å². The van der Waals surface area contributed by atoms with Gasteiger partial charge in [-0.1, -0.05) is 25.0 Å². The lowest BCUT2D eigenvalue weighted by Gasteiger charge is -1.95. The van der Waals surface area contributed by atoms with Gasteiger partial charge in [0.1, 0.15) is 0 Å². The van der Waals surface area contributed by atoms with Crippen molar-refractivity contribution >= 4 is 0 Å². The summed E-state index contributed by atoms with van der Waals surface area (Å²) >= 11 is 0. The molecule has 0 atom stereocenters. The van der Waals surface area contributed by atoms with Crippen LogP contribution in [0.5, 0.6) is 0 Å². The molecule has 1 aromatic heterocycles. The minimum absolute atomic E-state index is 1.17. The van der Waals surface area contributed by atoms with Crippen LogP contribution in [0.3, 0.4) is 0 Å². The van der Waals surface area contributed by atoms with Gasteiger partial charge in [-0.25, -0.2) is 0 Å². The molecule has 1 rings (SSSR count). The molecule has 16 heavy (non-hydrogen) atoms. The van der Waals surface area contributed by atoms with Gasteiger partial charge >= 0.3 is 0 Å². The van der Waals surface area contributed by atoms with E-state index in [4.69, 9.17) is 0 Å². The third-order valence-electron chi connectivity index (χ3n) is 2.32. The molecule has 90 valence electrons. The minimum atomic E-state index is 1.17. The van der Waals surface area contributed by atoms with Crippen molar-refractivity contribution in [2.24, 2.45) is 7.05 Å². The normalized spacial score (nSPS) is 9.06. The molecule has 0 N–H and O–H groups in total. The lowest BCUT2D eigenvalue weighted by atomic mass is 10.1. The standard InChI is InChI=1S/C10H18.C5H7N/c1-3-5-7-9-10-8-6-4-2;1-6-4-2-3-5-6/h3-4H,1-2,5-10H2;2-5H,1H3. The van der Waals surface area contributed by atoms with E-state index in [-0.39, 0.29) is 0 Å². The molecule has 1 nitrogen and oxygen atoms in total. The van der Waals surface area contributed by atoms with Crippen LogP contribution in [0.15, 0.2) is 49.8 Å². The number of hydrogen-bond acceptors (Lipinski definition) is 0. The second-order valence-electron chi connectivity index (χ2n) is 3.92. The van der Waals surface area contributed by atoms with Crippen molar-refractivity contribution in [1.29, 1.82) is 0 Å². The average Bonchev–Trinajstić information content (AvgIpc) is 2.75. The van der Waals surface area contributed by atoms with Gasteiger partial charge in [0.2, 0.25) is 0 Å². The summed E-state index contributed by atoms with van der Waals surface area (Å²) in [6.07, 6.45) is 15.6. The molecule has 0 unspecified atom stereocenters. The second kappa shape index (κ2) is 11.8. The molecule has 1 heteroatoms. The third kappa shape index (κ3) is 10.8. The van der Waals surface area contributed by atoms with Crippen molar-refractivity contribution < 1.29 is 0 Å². The van der Waals surface area contributed by atoms with Crippen LogP contribution < -0.4 is 0 Å². The Hall–Kier alpha value is -1.24. The Morgan fingerprint density at radius 2 is 1.31 bits per heavy atom. The van der Waals surface area contributed by atoms with E-state index in [2.05, 4.69) is 13.2 Å². The van der Waals surface area contributed by atoms with Gasteiger partial charge in [0.25, 0.3) is 0 Å². The Bertz CT molecular complexity index is 234. The fourth-order valence-electron chi connectivity index (χ4n) is 1.35. The van der Waals surface area contributed by atoms with E-state index in [9.17, 15) is 0 Å². The summed E-state index contributed by atoms with van der Waals surface area (Å²) < 4.78 is 2.00. The first kappa shape index (κ1) is 14.8. The number of aryl methyl sites for hydroxylation is 1. The van der Waals surface area contributed by atoms with Crippen LogP contribution in [0, 0.1) is 0 Å². The zero-order valence-corrected chi connectivity index (χ0v) is 10.6. The lowest BCUT2D eigenvalue weighted by molar-refractivity contribution is 0.653. The molecule has 0 saturated carbocycles. The van der Waals surface area contributed by atoms with Gasteiger partial charge in [0.15, 0.2) is 0 Å². The van der Waals surface area contributed by atoms with Crippen molar-refractivity contribution in [1.82, 2.24) is 4.57 Å². The summed E-state index contributed by atoms with van der Waals surface area (Å²) in [6.45, 7) is 7.36. The Kier molecular flexibility index (Phi) is 10.9. The number of allylic oxidation sites excluding steroid dienone is 2. The zero-order valence-electron chi connectivity index (χ0n) is 10.6. The molecule has 1 heterocycles. The van der Waals surface area contributed by atoms with E-state index in [0.717, 1.165) is 0 Å². The predicted octanol–water partition coefficient (Wildman–Crippen LogP) is 4.72.